The SMILES string of the molecule is CCOC(CO)CO.CCOC1COC(c2ccccc2)OC1.CO. The van der Waals surface area contributed by atoms with Crippen molar-refractivity contribution in [2.24, 2.45) is 0 Å². The summed E-state index contributed by atoms with van der Waals surface area (Å²) in [6.07, 6.45) is -0.544. The molecule has 2 rings (SSSR count). The third-order valence-corrected chi connectivity index (χ3v) is 3.15. The molecule has 0 atom stereocenters. The fourth-order valence-corrected chi connectivity index (χ4v) is 2.02. The van der Waals surface area contributed by atoms with E-state index in [0.29, 0.717) is 26.4 Å². The Balaban J connectivity index is 0.000000493. The van der Waals surface area contributed by atoms with Gasteiger partial charge in [0.1, 0.15) is 12.2 Å². The highest BCUT2D eigenvalue weighted by Crippen LogP contribution is 2.23. The third kappa shape index (κ3) is 10.5. The Morgan fingerprint density at radius 2 is 1.56 bits per heavy atom. The predicted octanol–water partition coefficient (Wildman–Crippen LogP) is 1.12. The van der Waals surface area contributed by atoms with Gasteiger partial charge in [-0.25, -0.2) is 0 Å². The Kier molecular flexibility index (Phi) is 15.7. The van der Waals surface area contributed by atoms with Crippen molar-refractivity contribution in [3.63, 3.8) is 0 Å². The lowest BCUT2D eigenvalue weighted by Gasteiger charge is -2.29. The molecule has 0 saturated carbocycles. The van der Waals surface area contributed by atoms with Gasteiger partial charge in [-0.15, -0.1) is 0 Å². The van der Waals surface area contributed by atoms with Gasteiger partial charge in [-0.05, 0) is 13.8 Å². The minimum absolute atomic E-state index is 0.0787. The van der Waals surface area contributed by atoms with Crippen molar-refractivity contribution in [2.45, 2.75) is 32.3 Å². The van der Waals surface area contributed by atoms with Crippen LogP contribution in [0.25, 0.3) is 0 Å². The first-order valence-electron chi connectivity index (χ1n) is 8.42. The number of ether oxygens (including phenoxy) is 4. The molecule has 1 aromatic rings. The molecule has 3 N–H and O–H groups in total. The van der Waals surface area contributed by atoms with Crippen LogP contribution in [-0.4, -0.2) is 74.3 Å². The molecular formula is C18H32O7. The van der Waals surface area contributed by atoms with E-state index in [-0.39, 0.29) is 31.7 Å². The zero-order valence-corrected chi connectivity index (χ0v) is 15.3. The van der Waals surface area contributed by atoms with Crippen LogP contribution in [0.2, 0.25) is 0 Å². The zero-order valence-electron chi connectivity index (χ0n) is 15.3. The number of benzene rings is 1. The summed E-state index contributed by atoms with van der Waals surface area (Å²) in [6, 6.07) is 9.96. The standard InChI is InChI=1S/C12H16O3.C5H12O3.CH4O/c1-2-13-11-8-14-12(15-9-11)10-6-4-3-5-7-10;1-2-8-5(3-6)4-7;1-2/h3-7,11-12H,2,8-9H2,1H3;5-7H,2-4H2,1H3;2H,1H3. The minimum Gasteiger partial charge on any atom is -0.400 e. The number of rotatable bonds is 7. The van der Waals surface area contributed by atoms with E-state index in [1.807, 2.05) is 44.2 Å². The molecule has 1 aromatic carbocycles. The molecule has 25 heavy (non-hydrogen) atoms. The Hall–Kier alpha value is -1.06. The summed E-state index contributed by atoms with van der Waals surface area (Å²) in [5.41, 5.74) is 1.06. The van der Waals surface area contributed by atoms with Gasteiger partial charge in [-0.3, -0.25) is 0 Å². The van der Waals surface area contributed by atoms with Crippen LogP contribution in [0.1, 0.15) is 25.7 Å². The second-order valence-corrected chi connectivity index (χ2v) is 4.93. The second kappa shape index (κ2) is 16.4. The smallest absolute Gasteiger partial charge is 0.184 e. The van der Waals surface area contributed by atoms with E-state index in [4.69, 9.17) is 34.3 Å². The number of hydrogen-bond donors (Lipinski definition) is 3. The predicted molar refractivity (Wildman–Crippen MR) is 94.2 cm³/mol. The van der Waals surface area contributed by atoms with Crippen LogP contribution in [0.15, 0.2) is 30.3 Å². The first-order chi connectivity index (χ1) is 12.2. The molecule has 7 nitrogen and oxygen atoms in total. The highest BCUT2D eigenvalue weighted by atomic mass is 16.7. The Bertz CT molecular complexity index is 376. The summed E-state index contributed by atoms with van der Waals surface area (Å²) in [7, 11) is 1.00. The molecule has 0 radical (unpaired) electrons. The van der Waals surface area contributed by atoms with Crippen molar-refractivity contribution in [3.05, 3.63) is 35.9 Å². The Morgan fingerprint density at radius 3 is 1.96 bits per heavy atom. The summed E-state index contributed by atoms with van der Waals surface area (Å²) in [5, 5.41) is 23.7. The van der Waals surface area contributed by atoms with Gasteiger partial charge in [-0.1, -0.05) is 30.3 Å². The molecule has 0 aliphatic carbocycles. The fraction of sp³-hybridized carbons (Fsp3) is 0.667. The number of aliphatic hydroxyl groups excluding tert-OH is 3. The van der Waals surface area contributed by atoms with E-state index in [1.54, 1.807) is 0 Å². The van der Waals surface area contributed by atoms with Crippen LogP contribution >= 0.6 is 0 Å². The van der Waals surface area contributed by atoms with E-state index >= 15 is 0 Å². The number of hydrogen-bond acceptors (Lipinski definition) is 7. The largest absolute Gasteiger partial charge is 0.400 e. The molecule has 1 aliphatic heterocycles. The third-order valence-electron chi connectivity index (χ3n) is 3.15. The van der Waals surface area contributed by atoms with E-state index in [9.17, 15) is 0 Å². The molecule has 0 aromatic heterocycles. The molecule has 0 spiro atoms. The maximum absolute atomic E-state index is 8.37. The normalized spacial score (nSPS) is 19.5. The van der Waals surface area contributed by atoms with Gasteiger partial charge < -0.3 is 34.3 Å². The summed E-state index contributed by atoms with van der Waals surface area (Å²) < 4.78 is 21.4. The zero-order chi connectivity index (χ0) is 18.9. The molecule has 1 saturated heterocycles. The highest BCUT2D eigenvalue weighted by molar-refractivity contribution is 5.16. The molecule has 146 valence electrons. The number of aliphatic hydroxyl groups is 3. The van der Waals surface area contributed by atoms with Crippen molar-refractivity contribution in [1.82, 2.24) is 0 Å². The van der Waals surface area contributed by atoms with Crippen molar-refractivity contribution in [3.8, 4) is 0 Å². The molecule has 1 fully saturated rings. The van der Waals surface area contributed by atoms with E-state index in [2.05, 4.69) is 0 Å². The maximum atomic E-state index is 8.37. The average molecular weight is 360 g/mol. The Morgan fingerprint density at radius 1 is 1.00 bits per heavy atom. The van der Waals surface area contributed by atoms with E-state index in [0.717, 1.165) is 12.7 Å². The lowest BCUT2D eigenvalue weighted by atomic mass is 10.2. The van der Waals surface area contributed by atoms with Gasteiger partial charge in [0.05, 0.1) is 26.4 Å². The molecule has 0 unspecified atom stereocenters. The molecule has 7 heteroatoms. The fourth-order valence-electron chi connectivity index (χ4n) is 2.02. The van der Waals surface area contributed by atoms with Crippen LogP contribution in [0, 0.1) is 0 Å². The van der Waals surface area contributed by atoms with Gasteiger partial charge in [0.2, 0.25) is 0 Å². The van der Waals surface area contributed by atoms with E-state index in [1.165, 1.54) is 0 Å². The lowest BCUT2D eigenvalue weighted by molar-refractivity contribution is -0.229. The van der Waals surface area contributed by atoms with Crippen LogP contribution < -0.4 is 0 Å². The van der Waals surface area contributed by atoms with Crippen LogP contribution in [0.5, 0.6) is 0 Å². The van der Waals surface area contributed by atoms with Gasteiger partial charge in [0.25, 0.3) is 0 Å². The molecule has 1 aliphatic rings. The highest BCUT2D eigenvalue weighted by Gasteiger charge is 2.23. The monoisotopic (exact) mass is 360 g/mol. The summed E-state index contributed by atoms with van der Waals surface area (Å²) >= 11 is 0. The van der Waals surface area contributed by atoms with Crippen molar-refractivity contribution in [1.29, 1.82) is 0 Å². The topological polar surface area (TPSA) is 97.6 Å². The van der Waals surface area contributed by atoms with Gasteiger partial charge in [0, 0.05) is 25.9 Å². The Labute approximate surface area is 150 Å². The first-order valence-corrected chi connectivity index (χ1v) is 8.42. The van der Waals surface area contributed by atoms with Crippen LogP contribution in [0.4, 0.5) is 0 Å². The van der Waals surface area contributed by atoms with Crippen LogP contribution in [0.3, 0.4) is 0 Å². The molecular weight excluding hydrogens is 328 g/mol. The molecule has 0 amide bonds. The summed E-state index contributed by atoms with van der Waals surface area (Å²) in [4.78, 5) is 0. The summed E-state index contributed by atoms with van der Waals surface area (Å²) in [5.74, 6) is 0. The molecule has 0 bridgehead atoms. The average Bonchev–Trinajstić information content (AvgIpc) is 2.70. The van der Waals surface area contributed by atoms with Gasteiger partial charge in [-0.2, -0.15) is 0 Å². The van der Waals surface area contributed by atoms with Gasteiger partial charge in [0.15, 0.2) is 6.29 Å². The van der Waals surface area contributed by atoms with E-state index < -0.39 is 0 Å². The van der Waals surface area contributed by atoms with Crippen molar-refractivity contribution < 1.29 is 34.3 Å². The first kappa shape index (κ1) is 23.9. The van der Waals surface area contributed by atoms with Crippen molar-refractivity contribution in [2.75, 3.05) is 46.8 Å². The van der Waals surface area contributed by atoms with Crippen LogP contribution in [-0.2, 0) is 18.9 Å². The maximum Gasteiger partial charge on any atom is 0.184 e. The summed E-state index contributed by atoms with van der Waals surface area (Å²) in [6.45, 7) is 6.02. The van der Waals surface area contributed by atoms with Crippen molar-refractivity contribution >= 4 is 0 Å². The quantitative estimate of drug-likeness (QED) is 0.670. The molecule has 1 heterocycles. The lowest BCUT2D eigenvalue weighted by Crippen LogP contribution is -2.33. The minimum atomic E-state index is -0.389. The van der Waals surface area contributed by atoms with Gasteiger partial charge >= 0.3 is 0 Å². The second-order valence-electron chi connectivity index (χ2n) is 4.93.